The Labute approximate surface area is 119 Å². The molecular formula is C16H20N4. The molecule has 4 heteroatoms. The molecule has 0 unspecified atom stereocenters. The average molecular weight is 268 g/mol. The van der Waals surface area contributed by atoms with E-state index in [0.29, 0.717) is 11.7 Å². The second-order valence-corrected chi connectivity index (χ2v) is 7.00. The van der Waals surface area contributed by atoms with Gasteiger partial charge in [-0.2, -0.15) is 5.26 Å². The lowest BCUT2D eigenvalue weighted by Crippen LogP contribution is -2.44. The molecular weight excluding hydrogens is 248 g/mol. The summed E-state index contributed by atoms with van der Waals surface area (Å²) in [5.41, 5.74) is 8.16. The van der Waals surface area contributed by atoms with E-state index in [1.54, 1.807) is 0 Å². The molecule has 0 atom stereocenters. The molecule has 4 saturated carbocycles. The zero-order valence-electron chi connectivity index (χ0n) is 11.8. The van der Waals surface area contributed by atoms with E-state index >= 15 is 0 Å². The molecule has 4 aliphatic carbocycles. The molecule has 1 aromatic heterocycles. The van der Waals surface area contributed by atoms with E-state index in [0.717, 1.165) is 35.1 Å². The Balaban J connectivity index is 1.75. The smallest absolute Gasteiger partial charge is 0.183 e. The number of nitriles is 1. The van der Waals surface area contributed by atoms with Gasteiger partial charge in [0.05, 0.1) is 11.4 Å². The fourth-order valence-electron chi connectivity index (χ4n) is 5.32. The van der Waals surface area contributed by atoms with E-state index in [1.807, 2.05) is 13.0 Å². The van der Waals surface area contributed by atoms with Crippen LogP contribution in [0, 0.1) is 41.9 Å². The SMILES string of the molecule is Cc1nc(C#N)c(N)nc1C1C2CC3CC(C2)CC1C3. The van der Waals surface area contributed by atoms with Crippen LogP contribution in [-0.4, -0.2) is 9.97 Å². The van der Waals surface area contributed by atoms with Crippen molar-refractivity contribution in [1.82, 2.24) is 9.97 Å². The minimum absolute atomic E-state index is 0.273. The van der Waals surface area contributed by atoms with Crippen LogP contribution in [0.15, 0.2) is 0 Å². The van der Waals surface area contributed by atoms with Crippen LogP contribution >= 0.6 is 0 Å². The normalized spacial score (nSPS) is 37.9. The average Bonchev–Trinajstić information content (AvgIpc) is 2.41. The van der Waals surface area contributed by atoms with Gasteiger partial charge in [-0.3, -0.25) is 0 Å². The quantitative estimate of drug-likeness (QED) is 0.849. The molecule has 5 rings (SSSR count). The Morgan fingerprint density at radius 1 is 1.05 bits per heavy atom. The highest BCUT2D eigenvalue weighted by Crippen LogP contribution is 2.59. The Kier molecular flexibility index (Phi) is 2.54. The number of aryl methyl sites for hydroxylation is 1. The summed E-state index contributed by atoms with van der Waals surface area (Å²) in [6.45, 7) is 1.98. The fraction of sp³-hybridized carbons (Fsp3) is 0.688. The molecule has 4 bridgehead atoms. The molecule has 2 N–H and O–H groups in total. The van der Waals surface area contributed by atoms with Gasteiger partial charge in [0, 0.05) is 5.92 Å². The van der Waals surface area contributed by atoms with Crippen LogP contribution in [0.25, 0.3) is 0 Å². The third kappa shape index (κ3) is 1.65. The van der Waals surface area contributed by atoms with E-state index in [4.69, 9.17) is 11.0 Å². The summed E-state index contributed by atoms with van der Waals surface area (Å²) < 4.78 is 0. The summed E-state index contributed by atoms with van der Waals surface area (Å²) in [4.78, 5) is 8.96. The number of nitrogens with two attached hydrogens (primary N) is 1. The minimum atomic E-state index is 0.273. The largest absolute Gasteiger partial charge is 0.381 e. The lowest BCUT2D eigenvalue weighted by Gasteiger charge is -2.54. The summed E-state index contributed by atoms with van der Waals surface area (Å²) in [6.07, 6.45) is 6.90. The van der Waals surface area contributed by atoms with Crippen molar-refractivity contribution in [3.63, 3.8) is 0 Å². The van der Waals surface area contributed by atoms with E-state index in [9.17, 15) is 0 Å². The highest BCUT2D eigenvalue weighted by Gasteiger charge is 2.49. The van der Waals surface area contributed by atoms with Gasteiger partial charge in [0.1, 0.15) is 6.07 Å². The van der Waals surface area contributed by atoms with Gasteiger partial charge < -0.3 is 5.73 Å². The van der Waals surface area contributed by atoms with Crippen molar-refractivity contribution in [3.8, 4) is 6.07 Å². The van der Waals surface area contributed by atoms with Gasteiger partial charge in [0.25, 0.3) is 0 Å². The first-order valence-electron chi connectivity index (χ1n) is 7.69. The number of rotatable bonds is 1. The molecule has 1 aromatic rings. The number of nitrogens with zero attached hydrogens (tertiary/aromatic N) is 3. The van der Waals surface area contributed by atoms with Gasteiger partial charge in [-0.1, -0.05) is 0 Å². The second-order valence-electron chi connectivity index (χ2n) is 7.00. The Hall–Kier alpha value is -1.63. The lowest BCUT2D eigenvalue weighted by molar-refractivity contribution is -0.00446. The third-order valence-electron chi connectivity index (χ3n) is 5.78. The maximum atomic E-state index is 9.01. The summed E-state index contributed by atoms with van der Waals surface area (Å²) in [7, 11) is 0. The minimum Gasteiger partial charge on any atom is -0.381 e. The number of hydrogen-bond acceptors (Lipinski definition) is 4. The lowest BCUT2D eigenvalue weighted by atomic mass is 9.51. The summed E-state index contributed by atoms with van der Waals surface area (Å²) in [5.74, 6) is 4.29. The Morgan fingerprint density at radius 3 is 2.20 bits per heavy atom. The van der Waals surface area contributed by atoms with E-state index in [2.05, 4.69) is 9.97 Å². The van der Waals surface area contributed by atoms with Gasteiger partial charge in [-0.25, -0.2) is 9.97 Å². The van der Waals surface area contributed by atoms with Crippen molar-refractivity contribution in [2.45, 2.75) is 44.9 Å². The van der Waals surface area contributed by atoms with Crippen LogP contribution in [-0.2, 0) is 0 Å². The third-order valence-corrected chi connectivity index (χ3v) is 5.78. The maximum Gasteiger partial charge on any atom is 0.183 e. The van der Waals surface area contributed by atoms with Crippen molar-refractivity contribution in [2.75, 3.05) is 5.73 Å². The van der Waals surface area contributed by atoms with Crippen LogP contribution in [0.5, 0.6) is 0 Å². The zero-order chi connectivity index (χ0) is 13.9. The first-order valence-corrected chi connectivity index (χ1v) is 7.69. The van der Waals surface area contributed by atoms with Crippen LogP contribution in [0.3, 0.4) is 0 Å². The molecule has 0 spiro atoms. The summed E-state index contributed by atoms with van der Waals surface area (Å²) in [6, 6.07) is 2.03. The first-order chi connectivity index (χ1) is 9.65. The highest BCUT2D eigenvalue weighted by atomic mass is 14.9. The van der Waals surface area contributed by atoms with Gasteiger partial charge >= 0.3 is 0 Å². The first kappa shape index (κ1) is 12.1. The molecule has 104 valence electrons. The highest BCUT2D eigenvalue weighted by molar-refractivity contribution is 5.45. The summed E-state index contributed by atoms with van der Waals surface area (Å²) >= 11 is 0. The molecule has 4 nitrogen and oxygen atoms in total. The van der Waals surface area contributed by atoms with Crippen LogP contribution < -0.4 is 5.73 Å². The van der Waals surface area contributed by atoms with E-state index in [-0.39, 0.29) is 5.69 Å². The maximum absolute atomic E-state index is 9.01. The van der Waals surface area contributed by atoms with Crippen molar-refractivity contribution < 1.29 is 0 Å². The fourth-order valence-corrected chi connectivity index (χ4v) is 5.32. The van der Waals surface area contributed by atoms with Crippen molar-refractivity contribution in [2.24, 2.45) is 23.7 Å². The van der Waals surface area contributed by atoms with E-state index < -0.39 is 0 Å². The molecule has 0 amide bonds. The Morgan fingerprint density at radius 2 is 1.65 bits per heavy atom. The molecule has 4 fully saturated rings. The number of anilines is 1. The monoisotopic (exact) mass is 268 g/mol. The molecule has 0 aromatic carbocycles. The summed E-state index contributed by atoms with van der Waals surface area (Å²) in [5, 5.41) is 9.01. The van der Waals surface area contributed by atoms with Crippen molar-refractivity contribution in [1.29, 1.82) is 5.26 Å². The van der Waals surface area contributed by atoms with Gasteiger partial charge in [0.2, 0.25) is 0 Å². The van der Waals surface area contributed by atoms with Gasteiger partial charge in [0.15, 0.2) is 11.5 Å². The predicted molar refractivity (Wildman–Crippen MR) is 75.7 cm³/mol. The molecule has 20 heavy (non-hydrogen) atoms. The van der Waals surface area contributed by atoms with Crippen molar-refractivity contribution in [3.05, 3.63) is 17.1 Å². The van der Waals surface area contributed by atoms with Crippen molar-refractivity contribution >= 4 is 5.82 Å². The second kappa shape index (κ2) is 4.18. The van der Waals surface area contributed by atoms with Crippen LogP contribution in [0.2, 0.25) is 0 Å². The number of aromatic nitrogens is 2. The van der Waals surface area contributed by atoms with Gasteiger partial charge in [-0.05, 0) is 62.7 Å². The Bertz CT molecular complexity index is 573. The molecule has 4 aliphatic rings. The van der Waals surface area contributed by atoms with Gasteiger partial charge in [-0.15, -0.1) is 0 Å². The van der Waals surface area contributed by atoms with Crippen LogP contribution in [0.1, 0.15) is 55.1 Å². The topological polar surface area (TPSA) is 75.6 Å². The van der Waals surface area contributed by atoms with Crippen LogP contribution in [0.4, 0.5) is 5.82 Å². The molecule has 1 heterocycles. The zero-order valence-corrected chi connectivity index (χ0v) is 11.8. The number of nitrogen functional groups attached to an aromatic ring is 1. The molecule has 0 radical (unpaired) electrons. The predicted octanol–water partition coefficient (Wildman–Crippen LogP) is 2.78. The number of hydrogen-bond donors (Lipinski definition) is 1. The standard InChI is InChI=1S/C16H20N4/c1-8-15(20-16(18)13(7-17)19-8)14-11-3-9-2-10(5-11)6-12(14)4-9/h9-12,14H,2-6H2,1H3,(H2,18,20). The van der Waals surface area contributed by atoms with E-state index in [1.165, 1.54) is 32.1 Å². The molecule has 0 aliphatic heterocycles. The molecule has 0 saturated heterocycles.